The van der Waals surface area contributed by atoms with Crippen molar-refractivity contribution in [2.75, 3.05) is 17.6 Å². The van der Waals surface area contributed by atoms with Crippen LogP contribution in [-0.4, -0.2) is 41.5 Å². The summed E-state index contributed by atoms with van der Waals surface area (Å²) in [5.41, 5.74) is 1.82. The van der Waals surface area contributed by atoms with Gasteiger partial charge in [-0.2, -0.15) is 4.31 Å². The number of anilines is 1. The minimum absolute atomic E-state index is 0.0905. The largest absolute Gasteiger partial charge is 0.348 e. The van der Waals surface area contributed by atoms with Crippen LogP contribution in [-0.2, 0) is 21.4 Å². The molecule has 0 radical (unpaired) electrons. The molecule has 1 aromatic heterocycles. The second-order valence-electron chi connectivity index (χ2n) is 6.80. The molecule has 0 aliphatic carbocycles. The molecular weight excluding hydrogens is 350 g/mol. The summed E-state index contributed by atoms with van der Waals surface area (Å²) in [5, 5.41) is 3.98. The van der Waals surface area contributed by atoms with E-state index in [1.54, 1.807) is 0 Å². The molecule has 2 aromatic rings. The Morgan fingerprint density at radius 1 is 1.23 bits per heavy atom. The van der Waals surface area contributed by atoms with Crippen molar-refractivity contribution in [3.8, 4) is 0 Å². The van der Waals surface area contributed by atoms with Crippen LogP contribution in [0.1, 0.15) is 39.5 Å². The van der Waals surface area contributed by atoms with Crippen LogP contribution in [0.3, 0.4) is 0 Å². The van der Waals surface area contributed by atoms with Gasteiger partial charge in [0, 0.05) is 35.9 Å². The number of sulfonamides is 1. The molecule has 7 heteroatoms. The first kappa shape index (κ1) is 18.9. The molecule has 0 bridgehead atoms. The van der Waals surface area contributed by atoms with E-state index >= 15 is 0 Å². The van der Waals surface area contributed by atoms with E-state index in [1.165, 1.54) is 4.31 Å². The summed E-state index contributed by atoms with van der Waals surface area (Å²) in [6.07, 6.45) is 4.83. The normalized spacial score (nSPS) is 18.9. The lowest BCUT2D eigenvalue weighted by molar-refractivity contribution is -0.120. The van der Waals surface area contributed by atoms with E-state index in [9.17, 15) is 13.2 Å². The van der Waals surface area contributed by atoms with E-state index in [0.29, 0.717) is 25.1 Å². The van der Waals surface area contributed by atoms with E-state index in [2.05, 4.69) is 16.8 Å². The number of carbonyl (C=O) groups is 1. The van der Waals surface area contributed by atoms with Crippen molar-refractivity contribution >= 4 is 32.5 Å². The van der Waals surface area contributed by atoms with Gasteiger partial charge in [0.1, 0.15) is 6.04 Å². The Labute approximate surface area is 155 Å². The first-order valence-corrected chi connectivity index (χ1v) is 11.0. The molecule has 1 fully saturated rings. The molecule has 1 saturated heterocycles. The zero-order valence-corrected chi connectivity index (χ0v) is 16.3. The molecule has 1 aliphatic heterocycles. The van der Waals surface area contributed by atoms with Gasteiger partial charge in [0.15, 0.2) is 0 Å². The van der Waals surface area contributed by atoms with Crippen LogP contribution in [0.15, 0.2) is 30.5 Å². The number of aryl methyl sites for hydroxylation is 1. The van der Waals surface area contributed by atoms with Crippen LogP contribution in [0.5, 0.6) is 0 Å². The van der Waals surface area contributed by atoms with Crippen molar-refractivity contribution in [2.45, 2.75) is 52.1 Å². The average molecular weight is 378 g/mol. The van der Waals surface area contributed by atoms with Gasteiger partial charge in [-0.3, -0.25) is 4.79 Å². The third-order valence-corrected chi connectivity index (χ3v) is 7.03. The smallest absolute Gasteiger partial charge is 0.242 e. The molecule has 1 aliphatic rings. The van der Waals surface area contributed by atoms with E-state index in [-0.39, 0.29) is 11.7 Å². The summed E-state index contributed by atoms with van der Waals surface area (Å²) in [6, 6.07) is 7.21. The number of piperidine rings is 1. The number of rotatable bonds is 6. The van der Waals surface area contributed by atoms with E-state index in [4.69, 9.17) is 0 Å². The van der Waals surface area contributed by atoms with Crippen LogP contribution < -0.4 is 5.32 Å². The molecular formula is C19H27N3O3S. The number of hydrogen-bond donors (Lipinski definition) is 1. The van der Waals surface area contributed by atoms with Gasteiger partial charge in [0.2, 0.25) is 15.9 Å². The van der Waals surface area contributed by atoms with Crippen molar-refractivity contribution in [3.63, 3.8) is 0 Å². The zero-order chi connectivity index (χ0) is 18.7. The number of fused-ring (bicyclic) bond motifs is 1. The number of carbonyl (C=O) groups excluding carboxylic acids is 1. The highest BCUT2D eigenvalue weighted by Crippen LogP contribution is 2.24. The molecule has 0 spiro atoms. The fourth-order valence-corrected chi connectivity index (χ4v) is 5.40. The highest BCUT2D eigenvalue weighted by Gasteiger charge is 2.36. The summed E-state index contributed by atoms with van der Waals surface area (Å²) < 4.78 is 28.6. The van der Waals surface area contributed by atoms with Crippen molar-refractivity contribution in [1.29, 1.82) is 0 Å². The van der Waals surface area contributed by atoms with Gasteiger partial charge in [0.05, 0.1) is 5.75 Å². The van der Waals surface area contributed by atoms with Crippen LogP contribution in [0.2, 0.25) is 0 Å². The minimum Gasteiger partial charge on any atom is -0.348 e. The van der Waals surface area contributed by atoms with Gasteiger partial charge in [-0.05, 0) is 50.5 Å². The average Bonchev–Trinajstić information content (AvgIpc) is 3.04. The zero-order valence-electron chi connectivity index (χ0n) is 15.4. The third-order valence-electron chi connectivity index (χ3n) is 4.95. The molecule has 6 nitrogen and oxygen atoms in total. The highest BCUT2D eigenvalue weighted by molar-refractivity contribution is 7.89. The summed E-state index contributed by atoms with van der Waals surface area (Å²) in [5.74, 6) is -0.147. The number of benzene rings is 1. The summed E-state index contributed by atoms with van der Waals surface area (Å²) >= 11 is 0. The van der Waals surface area contributed by atoms with Crippen molar-refractivity contribution < 1.29 is 13.2 Å². The molecule has 1 aromatic carbocycles. The monoisotopic (exact) mass is 377 g/mol. The Morgan fingerprint density at radius 2 is 2.04 bits per heavy atom. The number of hydrogen-bond acceptors (Lipinski definition) is 3. The van der Waals surface area contributed by atoms with E-state index in [1.807, 2.05) is 37.4 Å². The molecule has 26 heavy (non-hydrogen) atoms. The molecule has 1 amide bonds. The molecule has 3 rings (SSSR count). The first-order chi connectivity index (χ1) is 12.5. The van der Waals surface area contributed by atoms with Crippen LogP contribution in [0.4, 0.5) is 5.69 Å². The Hall–Kier alpha value is -1.86. The third kappa shape index (κ3) is 3.78. The number of amides is 1. The molecule has 2 heterocycles. The molecule has 1 atom stereocenters. The van der Waals surface area contributed by atoms with Gasteiger partial charge in [-0.15, -0.1) is 0 Å². The number of nitrogens with one attached hydrogen (secondary N) is 1. The Kier molecular flexibility index (Phi) is 5.67. The van der Waals surface area contributed by atoms with Gasteiger partial charge in [-0.25, -0.2) is 8.42 Å². The topological polar surface area (TPSA) is 71.4 Å². The van der Waals surface area contributed by atoms with Gasteiger partial charge in [0.25, 0.3) is 0 Å². The fourth-order valence-electron chi connectivity index (χ4n) is 3.65. The summed E-state index contributed by atoms with van der Waals surface area (Å²) in [7, 11) is -3.39. The van der Waals surface area contributed by atoms with Crippen LogP contribution in [0, 0.1) is 0 Å². The minimum atomic E-state index is -3.39. The Bertz CT molecular complexity index is 889. The maximum Gasteiger partial charge on any atom is 0.242 e. The number of aromatic nitrogens is 1. The first-order valence-electron chi connectivity index (χ1n) is 9.35. The highest BCUT2D eigenvalue weighted by atomic mass is 32.2. The van der Waals surface area contributed by atoms with Crippen molar-refractivity contribution in [3.05, 3.63) is 30.5 Å². The Morgan fingerprint density at radius 3 is 2.77 bits per heavy atom. The number of nitrogens with zero attached hydrogens (tertiary/aromatic N) is 2. The molecule has 1 unspecified atom stereocenters. The van der Waals surface area contributed by atoms with Crippen LogP contribution in [0.25, 0.3) is 10.9 Å². The lowest BCUT2D eigenvalue weighted by atomic mass is 10.0. The summed E-state index contributed by atoms with van der Waals surface area (Å²) in [6.45, 7) is 5.25. The fraction of sp³-hybridized carbons (Fsp3) is 0.526. The molecule has 0 saturated carbocycles. The van der Waals surface area contributed by atoms with Gasteiger partial charge in [-0.1, -0.05) is 13.3 Å². The second-order valence-corrected chi connectivity index (χ2v) is 8.84. The van der Waals surface area contributed by atoms with Gasteiger partial charge < -0.3 is 9.88 Å². The molecule has 1 N–H and O–H groups in total. The second kappa shape index (κ2) is 7.80. The lowest BCUT2D eigenvalue weighted by Gasteiger charge is -2.33. The molecule has 142 valence electrons. The van der Waals surface area contributed by atoms with Crippen molar-refractivity contribution in [2.24, 2.45) is 0 Å². The summed E-state index contributed by atoms with van der Waals surface area (Å²) in [4.78, 5) is 12.8. The Balaban J connectivity index is 1.79. The lowest BCUT2D eigenvalue weighted by Crippen LogP contribution is -2.50. The van der Waals surface area contributed by atoms with Crippen molar-refractivity contribution in [1.82, 2.24) is 8.87 Å². The maximum atomic E-state index is 12.8. The predicted octanol–water partition coefficient (Wildman–Crippen LogP) is 3.19. The van der Waals surface area contributed by atoms with E-state index in [0.717, 1.165) is 30.3 Å². The maximum absolute atomic E-state index is 12.8. The van der Waals surface area contributed by atoms with E-state index < -0.39 is 16.1 Å². The van der Waals surface area contributed by atoms with Gasteiger partial charge >= 0.3 is 0 Å². The SMILES string of the molecule is CCCS(=O)(=O)N1CCCCC1C(=O)Nc1ccc2c(ccn2CC)c1. The quantitative estimate of drug-likeness (QED) is 0.840. The predicted molar refractivity (Wildman–Crippen MR) is 105 cm³/mol. The van der Waals surface area contributed by atoms with Crippen LogP contribution >= 0.6 is 0 Å². The standard InChI is InChI=1S/C19H27N3O3S/c1-3-13-26(24,25)22-11-6-5-7-18(22)19(23)20-16-8-9-17-15(14-16)10-12-21(17)4-2/h8-10,12,14,18H,3-7,11,13H2,1-2H3,(H,20,23).